The lowest BCUT2D eigenvalue weighted by Gasteiger charge is -2.09. The van der Waals surface area contributed by atoms with Crippen LogP contribution in [0.2, 0.25) is 0 Å². The number of benzene rings is 1. The number of nitro benzene ring substituents is 1. The fourth-order valence-corrected chi connectivity index (χ4v) is 1.34. The molecule has 6 heteroatoms. The van der Waals surface area contributed by atoms with E-state index in [0.717, 1.165) is 0 Å². The molecule has 0 aromatic heterocycles. The van der Waals surface area contributed by atoms with Crippen molar-refractivity contribution in [3.8, 4) is 0 Å². The highest BCUT2D eigenvalue weighted by Crippen LogP contribution is 2.23. The van der Waals surface area contributed by atoms with Crippen molar-refractivity contribution in [1.82, 2.24) is 0 Å². The zero-order valence-corrected chi connectivity index (χ0v) is 9.67. The first-order valence-corrected chi connectivity index (χ1v) is 4.62. The number of hydrogen-bond donors (Lipinski definition) is 1. The number of hydrogen-bond acceptors (Lipinski definition) is 3. The maximum atomic E-state index is 12.1. The van der Waals surface area contributed by atoms with E-state index in [1.807, 2.05) is 0 Å². The fourth-order valence-electron chi connectivity index (χ4n) is 1.34. The molecular weight excluding hydrogens is 235 g/mol. The second kappa shape index (κ2) is 6.40. The Morgan fingerprint density at radius 1 is 1.56 bits per heavy atom. The summed E-state index contributed by atoms with van der Waals surface area (Å²) in [7, 11) is 0. The number of nitrogens with zero attached hydrogens (tertiary/aromatic N) is 1. The molecule has 1 rings (SSSR count). The van der Waals surface area contributed by atoms with E-state index < -0.39 is 17.6 Å². The minimum atomic E-state index is -0.525. The van der Waals surface area contributed by atoms with Crippen molar-refractivity contribution in [2.75, 3.05) is 6.67 Å². The van der Waals surface area contributed by atoms with Crippen LogP contribution in [0.5, 0.6) is 0 Å². The summed E-state index contributed by atoms with van der Waals surface area (Å²) in [6, 6.07) is 4.26. The first-order chi connectivity index (χ1) is 7.06. The summed E-state index contributed by atoms with van der Waals surface area (Å²) in [6.07, 6.45) is 0.181. The second-order valence-corrected chi connectivity index (χ2v) is 3.39. The maximum Gasteiger partial charge on any atom is 0.272 e. The van der Waals surface area contributed by atoms with E-state index in [-0.39, 0.29) is 24.5 Å². The van der Waals surface area contributed by atoms with E-state index in [0.29, 0.717) is 11.1 Å². The molecule has 0 saturated carbocycles. The highest BCUT2D eigenvalue weighted by molar-refractivity contribution is 5.85. The molecule has 90 valence electrons. The third kappa shape index (κ3) is 3.43. The second-order valence-electron chi connectivity index (χ2n) is 3.39. The quantitative estimate of drug-likeness (QED) is 0.658. The van der Waals surface area contributed by atoms with E-state index in [1.54, 1.807) is 19.1 Å². The molecule has 0 fully saturated rings. The SMILES string of the molecule is Cc1ccc([C@@H](N)CCF)cc1[N+](=O)[O-].Cl. The molecule has 0 amide bonds. The van der Waals surface area contributed by atoms with Gasteiger partial charge in [-0.05, 0) is 18.9 Å². The lowest BCUT2D eigenvalue weighted by atomic mass is 10.0. The molecule has 0 aliphatic rings. The van der Waals surface area contributed by atoms with Gasteiger partial charge in [0.05, 0.1) is 11.6 Å². The third-order valence-corrected chi connectivity index (χ3v) is 2.28. The normalized spacial score (nSPS) is 11.7. The van der Waals surface area contributed by atoms with Crippen LogP contribution in [0.15, 0.2) is 18.2 Å². The smallest absolute Gasteiger partial charge is 0.272 e. The standard InChI is InChI=1S/C10H13FN2O2.ClH/c1-7-2-3-8(9(12)4-5-11)6-10(7)13(14)15;/h2-3,6,9H,4-5,12H2,1H3;1H/t9-;/m0./s1. The van der Waals surface area contributed by atoms with Crippen molar-refractivity contribution in [2.24, 2.45) is 5.73 Å². The molecule has 0 aliphatic carbocycles. The van der Waals surface area contributed by atoms with Crippen molar-refractivity contribution in [3.63, 3.8) is 0 Å². The van der Waals surface area contributed by atoms with Crippen LogP contribution in [0.4, 0.5) is 10.1 Å². The number of nitro groups is 1. The van der Waals surface area contributed by atoms with Crippen LogP contribution in [0.1, 0.15) is 23.6 Å². The largest absolute Gasteiger partial charge is 0.324 e. The lowest BCUT2D eigenvalue weighted by Crippen LogP contribution is -2.11. The average Bonchev–Trinajstić information content (AvgIpc) is 2.18. The van der Waals surface area contributed by atoms with Gasteiger partial charge in [0.1, 0.15) is 0 Å². The molecule has 1 aromatic rings. The van der Waals surface area contributed by atoms with Crippen LogP contribution in [-0.2, 0) is 0 Å². The molecule has 0 spiro atoms. The van der Waals surface area contributed by atoms with Gasteiger partial charge in [0.25, 0.3) is 5.69 Å². The van der Waals surface area contributed by atoms with Crippen LogP contribution in [-0.4, -0.2) is 11.6 Å². The van der Waals surface area contributed by atoms with Crippen molar-refractivity contribution in [2.45, 2.75) is 19.4 Å². The Kier molecular flexibility index (Phi) is 5.92. The van der Waals surface area contributed by atoms with E-state index in [2.05, 4.69) is 0 Å². The number of alkyl halides is 1. The number of halogens is 2. The molecule has 0 radical (unpaired) electrons. The van der Waals surface area contributed by atoms with Crippen molar-refractivity contribution >= 4 is 18.1 Å². The molecule has 4 nitrogen and oxygen atoms in total. The fraction of sp³-hybridized carbons (Fsp3) is 0.400. The molecule has 0 bridgehead atoms. The molecule has 0 unspecified atom stereocenters. The number of rotatable bonds is 4. The van der Waals surface area contributed by atoms with Crippen molar-refractivity contribution in [1.29, 1.82) is 0 Å². The molecule has 2 N–H and O–H groups in total. The number of aryl methyl sites for hydroxylation is 1. The Balaban J connectivity index is 0.00000225. The van der Waals surface area contributed by atoms with Crippen LogP contribution in [0, 0.1) is 17.0 Å². The van der Waals surface area contributed by atoms with Gasteiger partial charge < -0.3 is 5.73 Å². The van der Waals surface area contributed by atoms with E-state index in [9.17, 15) is 14.5 Å². The third-order valence-electron chi connectivity index (χ3n) is 2.28. The summed E-state index contributed by atoms with van der Waals surface area (Å²) in [4.78, 5) is 10.2. The number of nitrogens with two attached hydrogens (primary N) is 1. The van der Waals surface area contributed by atoms with Crippen LogP contribution < -0.4 is 5.73 Å². The molecule has 1 atom stereocenters. The zero-order chi connectivity index (χ0) is 11.4. The predicted molar refractivity (Wildman–Crippen MR) is 62.6 cm³/mol. The molecular formula is C10H14ClFN2O2. The highest BCUT2D eigenvalue weighted by Gasteiger charge is 2.14. The minimum Gasteiger partial charge on any atom is -0.324 e. The van der Waals surface area contributed by atoms with Gasteiger partial charge in [-0.25, -0.2) is 0 Å². The first kappa shape index (κ1) is 14.8. The zero-order valence-electron chi connectivity index (χ0n) is 8.85. The van der Waals surface area contributed by atoms with Gasteiger partial charge in [0.15, 0.2) is 0 Å². The van der Waals surface area contributed by atoms with Gasteiger partial charge in [0.2, 0.25) is 0 Å². The lowest BCUT2D eigenvalue weighted by molar-refractivity contribution is -0.385. The van der Waals surface area contributed by atoms with Gasteiger partial charge in [-0.15, -0.1) is 12.4 Å². The van der Waals surface area contributed by atoms with Gasteiger partial charge in [-0.3, -0.25) is 14.5 Å². The maximum absolute atomic E-state index is 12.1. The van der Waals surface area contributed by atoms with Gasteiger partial charge in [0, 0.05) is 17.7 Å². The summed E-state index contributed by atoms with van der Waals surface area (Å²) in [5.74, 6) is 0. The summed E-state index contributed by atoms with van der Waals surface area (Å²) < 4.78 is 12.1. The molecule has 0 aliphatic heterocycles. The summed E-state index contributed by atoms with van der Waals surface area (Å²) >= 11 is 0. The van der Waals surface area contributed by atoms with Crippen LogP contribution >= 0.6 is 12.4 Å². The van der Waals surface area contributed by atoms with Gasteiger partial charge in [-0.2, -0.15) is 0 Å². The molecule has 1 aromatic carbocycles. The Morgan fingerprint density at radius 2 is 2.19 bits per heavy atom. The van der Waals surface area contributed by atoms with Crippen LogP contribution in [0.3, 0.4) is 0 Å². The Labute approximate surface area is 99.2 Å². The molecule has 16 heavy (non-hydrogen) atoms. The first-order valence-electron chi connectivity index (χ1n) is 4.62. The summed E-state index contributed by atoms with van der Waals surface area (Å²) in [5, 5.41) is 10.6. The highest BCUT2D eigenvalue weighted by atomic mass is 35.5. The Hall–Kier alpha value is -1.20. The monoisotopic (exact) mass is 248 g/mol. The minimum absolute atomic E-state index is 0. The van der Waals surface area contributed by atoms with Crippen LogP contribution in [0.25, 0.3) is 0 Å². The predicted octanol–water partition coefficient (Wildman–Crippen LogP) is 2.68. The summed E-state index contributed by atoms with van der Waals surface area (Å²) in [6.45, 7) is 1.13. The van der Waals surface area contributed by atoms with E-state index >= 15 is 0 Å². The van der Waals surface area contributed by atoms with E-state index in [4.69, 9.17) is 5.73 Å². The van der Waals surface area contributed by atoms with Gasteiger partial charge >= 0.3 is 0 Å². The van der Waals surface area contributed by atoms with E-state index in [1.165, 1.54) is 6.07 Å². The average molecular weight is 249 g/mol. The van der Waals surface area contributed by atoms with Crippen molar-refractivity contribution < 1.29 is 9.31 Å². The Bertz CT molecular complexity index is 374. The molecule has 0 heterocycles. The topological polar surface area (TPSA) is 69.2 Å². The molecule has 0 saturated heterocycles. The summed E-state index contributed by atoms with van der Waals surface area (Å²) in [5.41, 5.74) is 6.87. The van der Waals surface area contributed by atoms with Gasteiger partial charge in [-0.1, -0.05) is 12.1 Å². The van der Waals surface area contributed by atoms with Crippen molar-refractivity contribution in [3.05, 3.63) is 39.4 Å². The Morgan fingerprint density at radius 3 is 2.69 bits per heavy atom.